The summed E-state index contributed by atoms with van der Waals surface area (Å²) in [6.45, 7) is 1.84. The predicted octanol–water partition coefficient (Wildman–Crippen LogP) is 3.30. The summed E-state index contributed by atoms with van der Waals surface area (Å²) >= 11 is 1.09. The Bertz CT molecular complexity index is 1630. The minimum absolute atomic E-state index is 0.138. The standard InChI is InChI=1S/C29H25N3O4S/c1-19(21-10-6-4-7-11-21)31-27(33)23(18-30)29-32(22-12-8-5-9-13-22)28(34)26(37-29)17-20-14-15-24(35-2)25(16-20)36-3/h4-17,19H,1-3H3,(H,31,33). The van der Waals surface area contributed by atoms with E-state index in [2.05, 4.69) is 5.32 Å². The van der Waals surface area contributed by atoms with Gasteiger partial charge in [0.1, 0.15) is 10.7 Å². The van der Waals surface area contributed by atoms with Crippen LogP contribution in [0.15, 0.2) is 83.7 Å². The van der Waals surface area contributed by atoms with Crippen molar-refractivity contribution in [1.82, 2.24) is 9.88 Å². The van der Waals surface area contributed by atoms with Crippen molar-refractivity contribution in [3.63, 3.8) is 0 Å². The molecule has 4 rings (SSSR count). The van der Waals surface area contributed by atoms with Gasteiger partial charge in [-0.3, -0.25) is 14.2 Å². The van der Waals surface area contributed by atoms with E-state index in [1.165, 1.54) is 11.7 Å². The maximum absolute atomic E-state index is 13.6. The second kappa shape index (κ2) is 11.4. The van der Waals surface area contributed by atoms with Gasteiger partial charge in [-0.15, -0.1) is 11.3 Å². The Hall–Kier alpha value is -4.61. The molecule has 0 bridgehead atoms. The summed E-state index contributed by atoms with van der Waals surface area (Å²) in [5.74, 6) is 0.537. The number of benzene rings is 3. The molecule has 0 radical (unpaired) electrons. The highest BCUT2D eigenvalue weighted by Crippen LogP contribution is 2.27. The van der Waals surface area contributed by atoms with Gasteiger partial charge in [0, 0.05) is 0 Å². The van der Waals surface area contributed by atoms with Gasteiger partial charge in [0.05, 0.1) is 30.5 Å². The zero-order valence-corrected chi connectivity index (χ0v) is 21.4. The second-order valence-corrected chi connectivity index (χ2v) is 9.13. The number of nitriles is 1. The zero-order chi connectivity index (χ0) is 26.4. The number of methoxy groups -OCH3 is 2. The number of para-hydroxylation sites is 1. The van der Waals surface area contributed by atoms with Crippen LogP contribution in [0.5, 0.6) is 11.5 Å². The third kappa shape index (κ3) is 5.47. The number of aromatic nitrogens is 1. The highest BCUT2D eigenvalue weighted by Gasteiger charge is 2.19. The van der Waals surface area contributed by atoms with Gasteiger partial charge in [-0.05, 0) is 48.4 Å². The summed E-state index contributed by atoms with van der Waals surface area (Å²) in [5.41, 5.74) is 1.70. The average Bonchev–Trinajstić information content (AvgIpc) is 3.24. The van der Waals surface area contributed by atoms with Crippen LogP contribution in [0.2, 0.25) is 0 Å². The molecule has 0 spiro atoms. The molecule has 37 heavy (non-hydrogen) atoms. The summed E-state index contributed by atoms with van der Waals surface area (Å²) in [6, 6.07) is 25.4. The maximum atomic E-state index is 13.6. The van der Waals surface area contributed by atoms with Gasteiger partial charge in [0.2, 0.25) is 0 Å². The Morgan fingerprint density at radius 1 is 1.00 bits per heavy atom. The van der Waals surface area contributed by atoms with Crippen molar-refractivity contribution >= 4 is 28.9 Å². The van der Waals surface area contributed by atoms with Gasteiger partial charge >= 0.3 is 0 Å². The van der Waals surface area contributed by atoms with Crippen LogP contribution < -0.4 is 29.5 Å². The van der Waals surface area contributed by atoms with E-state index >= 15 is 0 Å². The molecule has 0 aliphatic carbocycles. The minimum Gasteiger partial charge on any atom is -0.493 e. The first kappa shape index (κ1) is 25.5. The molecule has 0 fully saturated rings. The van der Waals surface area contributed by atoms with Gasteiger partial charge < -0.3 is 14.8 Å². The first-order valence-corrected chi connectivity index (χ1v) is 12.3. The molecule has 4 aromatic rings. The summed E-state index contributed by atoms with van der Waals surface area (Å²) in [6.07, 6.45) is 1.71. The van der Waals surface area contributed by atoms with Crippen molar-refractivity contribution in [2.75, 3.05) is 14.2 Å². The third-order valence-electron chi connectivity index (χ3n) is 5.74. The van der Waals surface area contributed by atoms with Crippen molar-refractivity contribution in [2.24, 2.45) is 0 Å². The largest absolute Gasteiger partial charge is 0.493 e. The first-order valence-electron chi connectivity index (χ1n) is 11.5. The molecule has 0 saturated heterocycles. The zero-order valence-electron chi connectivity index (χ0n) is 20.6. The minimum atomic E-state index is -0.553. The molecule has 1 heterocycles. The van der Waals surface area contributed by atoms with Crippen molar-refractivity contribution in [3.8, 4) is 23.3 Å². The Morgan fingerprint density at radius 3 is 2.27 bits per heavy atom. The molecule has 1 atom stereocenters. The number of amides is 1. The van der Waals surface area contributed by atoms with Crippen LogP contribution in [-0.2, 0) is 4.79 Å². The monoisotopic (exact) mass is 511 g/mol. The second-order valence-electron chi connectivity index (χ2n) is 8.10. The lowest BCUT2D eigenvalue weighted by molar-refractivity contribution is -0.116. The molecule has 0 aliphatic heterocycles. The van der Waals surface area contributed by atoms with E-state index in [0.29, 0.717) is 27.3 Å². The normalized spacial score (nSPS) is 12.9. The molecule has 0 aliphatic rings. The maximum Gasteiger partial charge on any atom is 0.273 e. The van der Waals surface area contributed by atoms with Crippen LogP contribution >= 0.6 is 11.3 Å². The number of nitrogens with one attached hydrogen (secondary N) is 1. The van der Waals surface area contributed by atoms with Crippen LogP contribution in [0.25, 0.3) is 17.3 Å². The number of hydrogen-bond acceptors (Lipinski definition) is 6. The molecule has 7 nitrogen and oxygen atoms in total. The molecule has 1 N–H and O–H groups in total. The number of carbonyl (C=O) groups excluding carboxylic acids is 1. The van der Waals surface area contributed by atoms with Crippen molar-refractivity contribution in [2.45, 2.75) is 13.0 Å². The topological polar surface area (TPSA) is 93.4 Å². The predicted molar refractivity (Wildman–Crippen MR) is 144 cm³/mol. The fourth-order valence-corrected chi connectivity index (χ4v) is 4.95. The van der Waals surface area contributed by atoms with Crippen LogP contribution in [0.4, 0.5) is 0 Å². The van der Waals surface area contributed by atoms with E-state index in [1.807, 2.05) is 49.4 Å². The van der Waals surface area contributed by atoms with Gasteiger partial charge in [-0.1, -0.05) is 54.6 Å². The highest BCUT2D eigenvalue weighted by molar-refractivity contribution is 7.07. The Labute approximate surface area is 218 Å². The molecule has 8 heteroatoms. The van der Waals surface area contributed by atoms with Crippen LogP contribution in [0, 0.1) is 11.3 Å². The van der Waals surface area contributed by atoms with Gasteiger partial charge in [0.15, 0.2) is 17.1 Å². The Kier molecular flexibility index (Phi) is 7.86. The van der Waals surface area contributed by atoms with E-state index in [0.717, 1.165) is 16.9 Å². The van der Waals surface area contributed by atoms with Crippen molar-refractivity contribution < 1.29 is 14.3 Å². The summed E-state index contributed by atoms with van der Waals surface area (Å²) in [5, 5.41) is 12.9. The summed E-state index contributed by atoms with van der Waals surface area (Å²) in [7, 11) is 3.09. The summed E-state index contributed by atoms with van der Waals surface area (Å²) in [4.78, 5) is 26.8. The van der Waals surface area contributed by atoms with Gasteiger partial charge in [-0.25, -0.2) is 0 Å². The SMILES string of the molecule is COc1ccc(C=c2sc(=C(C#N)C(=O)NC(C)c3ccccc3)n(-c3ccccc3)c2=O)cc1OC. The summed E-state index contributed by atoms with van der Waals surface area (Å²) < 4.78 is 12.7. The van der Waals surface area contributed by atoms with E-state index < -0.39 is 5.91 Å². The number of thiazole rings is 1. The third-order valence-corrected chi connectivity index (χ3v) is 6.84. The van der Waals surface area contributed by atoms with Crippen molar-refractivity contribution in [1.29, 1.82) is 5.26 Å². The van der Waals surface area contributed by atoms with E-state index in [1.54, 1.807) is 55.7 Å². The van der Waals surface area contributed by atoms with Gasteiger partial charge in [-0.2, -0.15) is 5.26 Å². The lowest BCUT2D eigenvalue weighted by Gasteiger charge is -2.13. The van der Waals surface area contributed by atoms with Crippen LogP contribution in [0.3, 0.4) is 0 Å². The molecule has 3 aromatic carbocycles. The number of carbonyl (C=O) groups is 1. The van der Waals surface area contributed by atoms with E-state index in [-0.39, 0.29) is 21.8 Å². The Morgan fingerprint density at radius 2 is 1.65 bits per heavy atom. The first-order chi connectivity index (χ1) is 18.0. The molecule has 0 saturated carbocycles. The van der Waals surface area contributed by atoms with Crippen molar-refractivity contribution in [3.05, 3.63) is 110 Å². The fourth-order valence-electron chi connectivity index (χ4n) is 3.85. The van der Waals surface area contributed by atoms with Gasteiger partial charge in [0.25, 0.3) is 11.5 Å². The number of ether oxygens (including phenoxy) is 2. The molecular formula is C29H25N3O4S. The van der Waals surface area contributed by atoms with Crippen LogP contribution in [-0.4, -0.2) is 24.7 Å². The number of rotatable bonds is 7. The lowest BCUT2D eigenvalue weighted by atomic mass is 10.1. The van der Waals surface area contributed by atoms with E-state index in [9.17, 15) is 14.9 Å². The highest BCUT2D eigenvalue weighted by atomic mass is 32.1. The fraction of sp³-hybridized carbons (Fsp3) is 0.138. The lowest BCUT2D eigenvalue weighted by Crippen LogP contribution is -2.34. The molecular weight excluding hydrogens is 486 g/mol. The Balaban J connectivity index is 1.90. The molecule has 1 aromatic heterocycles. The molecule has 186 valence electrons. The molecule has 1 amide bonds. The quantitative estimate of drug-likeness (QED) is 0.411. The average molecular weight is 512 g/mol. The number of nitrogens with zero attached hydrogens (tertiary/aromatic N) is 2. The number of hydrogen-bond donors (Lipinski definition) is 1. The van der Waals surface area contributed by atoms with Crippen LogP contribution in [0.1, 0.15) is 24.1 Å². The van der Waals surface area contributed by atoms with E-state index in [4.69, 9.17) is 9.47 Å². The smallest absolute Gasteiger partial charge is 0.273 e. The molecule has 1 unspecified atom stereocenters.